The summed E-state index contributed by atoms with van der Waals surface area (Å²) in [5.74, 6) is -0.686. The minimum absolute atomic E-state index is 0.284. The van der Waals surface area contributed by atoms with E-state index in [1.807, 2.05) is 24.3 Å². The van der Waals surface area contributed by atoms with Crippen LogP contribution in [0.3, 0.4) is 0 Å². The minimum atomic E-state index is -0.403. The fourth-order valence-electron chi connectivity index (χ4n) is 2.43. The van der Waals surface area contributed by atoms with E-state index in [2.05, 4.69) is 0 Å². The highest BCUT2D eigenvalue weighted by atomic mass is 19.1. The van der Waals surface area contributed by atoms with E-state index in [9.17, 15) is 9.18 Å². The van der Waals surface area contributed by atoms with E-state index in [1.54, 1.807) is 30.3 Å². The summed E-state index contributed by atoms with van der Waals surface area (Å²) in [5.41, 5.74) is 1.73. The first kappa shape index (κ1) is 13.3. The molecule has 2 nitrogen and oxygen atoms in total. The summed E-state index contributed by atoms with van der Waals surface area (Å²) in [4.78, 5) is 11.7. The molecule has 0 amide bonds. The van der Waals surface area contributed by atoms with Crippen molar-refractivity contribution in [2.45, 2.75) is 0 Å². The Bertz CT molecular complexity index is 824. The molecule has 0 saturated carbocycles. The monoisotopic (exact) mass is 280 g/mol. The van der Waals surface area contributed by atoms with Crippen LogP contribution in [0, 0.1) is 5.82 Å². The molecule has 0 fully saturated rings. The molecule has 3 aromatic carbocycles. The molecule has 0 aliphatic heterocycles. The van der Waals surface area contributed by atoms with Crippen LogP contribution in [0.25, 0.3) is 21.9 Å². The molecule has 3 rings (SSSR count). The Morgan fingerprint density at radius 2 is 1.71 bits per heavy atom. The summed E-state index contributed by atoms with van der Waals surface area (Å²) in [5, 5.41) is 1.77. The van der Waals surface area contributed by atoms with Gasteiger partial charge in [-0.1, -0.05) is 42.5 Å². The SMILES string of the molecule is COC(=O)c1ccc2cccc(-c3ccccc3F)c2c1. The molecular weight excluding hydrogens is 267 g/mol. The summed E-state index contributed by atoms with van der Waals surface area (Å²) < 4.78 is 18.8. The largest absolute Gasteiger partial charge is 0.465 e. The average molecular weight is 280 g/mol. The summed E-state index contributed by atoms with van der Waals surface area (Å²) >= 11 is 0. The van der Waals surface area contributed by atoms with Crippen molar-refractivity contribution in [2.75, 3.05) is 7.11 Å². The van der Waals surface area contributed by atoms with Crippen LogP contribution in [-0.4, -0.2) is 13.1 Å². The number of esters is 1. The number of carbonyl (C=O) groups is 1. The van der Waals surface area contributed by atoms with Gasteiger partial charge in [-0.25, -0.2) is 9.18 Å². The van der Waals surface area contributed by atoms with E-state index in [4.69, 9.17) is 4.74 Å². The third-order valence-corrected chi connectivity index (χ3v) is 3.47. The van der Waals surface area contributed by atoms with Crippen LogP contribution in [0.15, 0.2) is 60.7 Å². The molecule has 0 aliphatic carbocycles. The Morgan fingerprint density at radius 3 is 2.48 bits per heavy atom. The van der Waals surface area contributed by atoms with Crippen LogP contribution in [0.1, 0.15) is 10.4 Å². The number of ether oxygens (including phenoxy) is 1. The molecule has 21 heavy (non-hydrogen) atoms. The summed E-state index contributed by atoms with van der Waals surface area (Å²) in [7, 11) is 1.34. The molecule has 0 heterocycles. The molecular formula is C18H13FO2. The van der Waals surface area contributed by atoms with E-state index in [1.165, 1.54) is 13.2 Å². The van der Waals surface area contributed by atoms with Crippen molar-refractivity contribution in [2.24, 2.45) is 0 Å². The number of fused-ring (bicyclic) bond motifs is 1. The van der Waals surface area contributed by atoms with E-state index in [0.29, 0.717) is 11.1 Å². The fraction of sp³-hybridized carbons (Fsp3) is 0.0556. The zero-order chi connectivity index (χ0) is 14.8. The Hall–Kier alpha value is -2.68. The summed E-state index contributed by atoms with van der Waals surface area (Å²) in [6, 6.07) is 17.6. The van der Waals surface area contributed by atoms with Crippen LogP contribution in [0.5, 0.6) is 0 Å². The van der Waals surface area contributed by atoms with E-state index in [0.717, 1.165) is 16.3 Å². The lowest BCUT2D eigenvalue weighted by Gasteiger charge is -2.09. The van der Waals surface area contributed by atoms with Crippen molar-refractivity contribution in [1.29, 1.82) is 0 Å². The Morgan fingerprint density at radius 1 is 0.952 bits per heavy atom. The first-order chi connectivity index (χ1) is 10.2. The van der Waals surface area contributed by atoms with Crippen LogP contribution < -0.4 is 0 Å². The number of hydrogen-bond acceptors (Lipinski definition) is 2. The lowest BCUT2D eigenvalue weighted by molar-refractivity contribution is 0.0601. The maximum Gasteiger partial charge on any atom is 0.337 e. The number of rotatable bonds is 2. The van der Waals surface area contributed by atoms with Crippen molar-refractivity contribution in [3.63, 3.8) is 0 Å². The summed E-state index contributed by atoms with van der Waals surface area (Å²) in [6.45, 7) is 0. The van der Waals surface area contributed by atoms with E-state index < -0.39 is 5.97 Å². The summed E-state index contributed by atoms with van der Waals surface area (Å²) in [6.07, 6.45) is 0. The number of benzene rings is 3. The van der Waals surface area contributed by atoms with Gasteiger partial charge >= 0.3 is 5.97 Å². The molecule has 3 aromatic rings. The normalized spacial score (nSPS) is 10.6. The lowest BCUT2D eigenvalue weighted by Crippen LogP contribution is -2.00. The maximum atomic E-state index is 14.0. The quantitative estimate of drug-likeness (QED) is 0.649. The molecule has 0 unspecified atom stereocenters. The molecule has 104 valence electrons. The first-order valence-corrected chi connectivity index (χ1v) is 6.56. The lowest BCUT2D eigenvalue weighted by atomic mass is 9.96. The average Bonchev–Trinajstić information content (AvgIpc) is 2.53. The molecule has 0 bridgehead atoms. The second-order valence-corrected chi connectivity index (χ2v) is 4.71. The van der Waals surface area contributed by atoms with Crippen LogP contribution >= 0.6 is 0 Å². The Kier molecular flexibility index (Phi) is 3.40. The standard InChI is InChI=1S/C18H13FO2/c1-21-18(20)13-10-9-12-5-4-7-14(16(12)11-13)15-6-2-3-8-17(15)19/h2-11H,1H3. The number of carbonyl (C=O) groups excluding carboxylic acids is 1. The van der Waals surface area contributed by atoms with Gasteiger partial charge in [0.05, 0.1) is 12.7 Å². The van der Waals surface area contributed by atoms with Gasteiger partial charge in [0, 0.05) is 5.56 Å². The van der Waals surface area contributed by atoms with Gasteiger partial charge in [0.1, 0.15) is 5.82 Å². The van der Waals surface area contributed by atoms with Gasteiger partial charge in [-0.2, -0.15) is 0 Å². The van der Waals surface area contributed by atoms with Gasteiger partial charge in [-0.15, -0.1) is 0 Å². The zero-order valence-corrected chi connectivity index (χ0v) is 11.5. The van der Waals surface area contributed by atoms with Gasteiger partial charge in [0.25, 0.3) is 0 Å². The topological polar surface area (TPSA) is 26.3 Å². The highest BCUT2D eigenvalue weighted by molar-refractivity contribution is 6.01. The van der Waals surface area contributed by atoms with Crippen molar-refractivity contribution >= 4 is 16.7 Å². The predicted octanol–water partition coefficient (Wildman–Crippen LogP) is 4.43. The molecule has 0 spiro atoms. The third kappa shape index (κ3) is 2.38. The van der Waals surface area contributed by atoms with Crippen molar-refractivity contribution in [3.05, 3.63) is 72.0 Å². The highest BCUT2D eigenvalue weighted by Crippen LogP contribution is 2.31. The molecule has 0 atom stereocenters. The number of hydrogen-bond donors (Lipinski definition) is 0. The minimum Gasteiger partial charge on any atom is -0.465 e. The first-order valence-electron chi connectivity index (χ1n) is 6.56. The van der Waals surface area contributed by atoms with Gasteiger partial charge in [-0.05, 0) is 34.5 Å². The molecule has 0 N–H and O–H groups in total. The van der Waals surface area contributed by atoms with Crippen molar-refractivity contribution < 1.29 is 13.9 Å². The van der Waals surface area contributed by atoms with Gasteiger partial charge < -0.3 is 4.74 Å². The van der Waals surface area contributed by atoms with Crippen LogP contribution in [0.2, 0.25) is 0 Å². The Labute approximate surface area is 121 Å². The molecule has 0 aromatic heterocycles. The van der Waals surface area contributed by atoms with Crippen molar-refractivity contribution in [3.8, 4) is 11.1 Å². The fourth-order valence-corrected chi connectivity index (χ4v) is 2.43. The number of methoxy groups -OCH3 is 1. The van der Waals surface area contributed by atoms with Crippen molar-refractivity contribution in [1.82, 2.24) is 0 Å². The second kappa shape index (κ2) is 5.37. The van der Waals surface area contributed by atoms with Gasteiger partial charge in [0.2, 0.25) is 0 Å². The van der Waals surface area contributed by atoms with Crippen LogP contribution in [0.4, 0.5) is 4.39 Å². The van der Waals surface area contributed by atoms with Crippen LogP contribution in [-0.2, 0) is 4.74 Å². The molecule has 0 radical (unpaired) electrons. The smallest absolute Gasteiger partial charge is 0.337 e. The Balaban J connectivity index is 2.28. The van der Waals surface area contributed by atoms with Gasteiger partial charge in [0.15, 0.2) is 0 Å². The highest BCUT2D eigenvalue weighted by Gasteiger charge is 2.11. The third-order valence-electron chi connectivity index (χ3n) is 3.47. The molecule has 3 heteroatoms. The second-order valence-electron chi connectivity index (χ2n) is 4.71. The van der Waals surface area contributed by atoms with Gasteiger partial charge in [-0.3, -0.25) is 0 Å². The predicted molar refractivity (Wildman–Crippen MR) is 80.7 cm³/mol. The molecule has 0 aliphatic rings. The number of halogens is 1. The van der Waals surface area contributed by atoms with E-state index in [-0.39, 0.29) is 5.82 Å². The zero-order valence-electron chi connectivity index (χ0n) is 11.5. The van der Waals surface area contributed by atoms with E-state index >= 15 is 0 Å². The molecule has 0 saturated heterocycles. The maximum absolute atomic E-state index is 14.0.